The molecule has 0 fully saturated rings. The van der Waals surface area contributed by atoms with Crippen LogP contribution in [-0.4, -0.2) is 18.0 Å². The highest BCUT2D eigenvalue weighted by molar-refractivity contribution is 5.90. The van der Waals surface area contributed by atoms with E-state index in [4.69, 9.17) is 0 Å². The van der Waals surface area contributed by atoms with Crippen LogP contribution < -0.4 is 10.6 Å². The first-order valence-electron chi connectivity index (χ1n) is 5.78. The van der Waals surface area contributed by atoms with E-state index in [-0.39, 0.29) is 23.6 Å². The van der Waals surface area contributed by atoms with Crippen molar-refractivity contribution in [3.8, 4) is 0 Å². The van der Waals surface area contributed by atoms with E-state index >= 15 is 0 Å². The molecule has 0 radical (unpaired) electrons. The Hall–Kier alpha value is -1.49. The fourth-order valence-corrected chi connectivity index (χ4v) is 1.35. The lowest BCUT2D eigenvalue weighted by Gasteiger charge is -2.20. The molecular weight excluding hydrogens is 238 g/mol. The summed E-state index contributed by atoms with van der Waals surface area (Å²) >= 11 is 0. The van der Waals surface area contributed by atoms with Crippen molar-refractivity contribution < 1.29 is 13.6 Å². The monoisotopic (exact) mass is 256 g/mol. The Morgan fingerprint density at radius 2 is 1.94 bits per heavy atom. The highest BCUT2D eigenvalue weighted by atomic mass is 19.1. The molecule has 0 aromatic heterocycles. The maximum atomic E-state index is 13.3. The highest BCUT2D eigenvalue weighted by Gasteiger charge is 2.11. The molecule has 0 aliphatic heterocycles. The largest absolute Gasteiger partial charge is 0.324 e. The first-order chi connectivity index (χ1) is 8.28. The summed E-state index contributed by atoms with van der Waals surface area (Å²) in [5.41, 5.74) is -0.0707. The van der Waals surface area contributed by atoms with Crippen LogP contribution in [0.1, 0.15) is 27.2 Å². The van der Waals surface area contributed by atoms with Crippen LogP contribution in [0.4, 0.5) is 14.5 Å². The fraction of sp³-hybridized carbons (Fsp3) is 0.462. The Morgan fingerprint density at radius 3 is 2.50 bits per heavy atom. The van der Waals surface area contributed by atoms with Gasteiger partial charge in [0.1, 0.15) is 11.6 Å². The van der Waals surface area contributed by atoms with E-state index in [2.05, 4.69) is 10.6 Å². The van der Waals surface area contributed by atoms with Crippen LogP contribution in [0, 0.1) is 11.6 Å². The van der Waals surface area contributed by atoms with Crippen LogP contribution >= 0.6 is 0 Å². The van der Waals surface area contributed by atoms with Crippen LogP contribution in [0.3, 0.4) is 0 Å². The highest BCUT2D eigenvalue weighted by Crippen LogP contribution is 2.14. The van der Waals surface area contributed by atoms with Crippen molar-refractivity contribution in [1.29, 1.82) is 0 Å². The molecule has 1 rings (SSSR count). The number of hydrogen-bond acceptors (Lipinski definition) is 2. The molecule has 1 aromatic rings. The molecule has 2 N–H and O–H groups in total. The van der Waals surface area contributed by atoms with Crippen LogP contribution in [0.2, 0.25) is 0 Å². The first-order valence-corrected chi connectivity index (χ1v) is 5.78. The Bertz CT molecular complexity index is 427. The number of anilines is 1. The summed E-state index contributed by atoms with van der Waals surface area (Å²) in [5, 5.41) is 5.55. The van der Waals surface area contributed by atoms with Gasteiger partial charge in [-0.25, -0.2) is 8.78 Å². The zero-order valence-electron chi connectivity index (χ0n) is 10.8. The maximum Gasteiger partial charge on any atom is 0.225 e. The second kappa shape index (κ2) is 5.91. The number of carbonyl (C=O) groups is 1. The molecule has 0 aliphatic carbocycles. The minimum absolute atomic E-state index is 0.00263. The van der Waals surface area contributed by atoms with Crippen molar-refractivity contribution in [3.05, 3.63) is 29.8 Å². The van der Waals surface area contributed by atoms with Gasteiger partial charge in [-0.3, -0.25) is 4.79 Å². The molecule has 0 heterocycles. The zero-order valence-corrected chi connectivity index (χ0v) is 10.8. The molecule has 0 spiro atoms. The Labute approximate surface area is 106 Å². The third kappa shape index (κ3) is 5.23. The van der Waals surface area contributed by atoms with Gasteiger partial charge < -0.3 is 10.6 Å². The van der Waals surface area contributed by atoms with E-state index in [1.54, 1.807) is 0 Å². The lowest BCUT2D eigenvalue weighted by molar-refractivity contribution is -0.116. The summed E-state index contributed by atoms with van der Waals surface area (Å²) in [5.74, 6) is -1.75. The molecule has 0 aliphatic rings. The van der Waals surface area contributed by atoms with Gasteiger partial charge in [-0.15, -0.1) is 0 Å². The van der Waals surface area contributed by atoms with Crippen molar-refractivity contribution >= 4 is 11.6 Å². The van der Waals surface area contributed by atoms with Crippen LogP contribution in [0.15, 0.2) is 18.2 Å². The second-order valence-electron chi connectivity index (χ2n) is 5.10. The van der Waals surface area contributed by atoms with Gasteiger partial charge in [-0.1, -0.05) is 0 Å². The smallest absolute Gasteiger partial charge is 0.225 e. The van der Waals surface area contributed by atoms with Gasteiger partial charge >= 0.3 is 0 Å². The van der Waals surface area contributed by atoms with Gasteiger partial charge in [0.05, 0.1) is 5.69 Å². The summed E-state index contributed by atoms with van der Waals surface area (Å²) in [6.07, 6.45) is 0.230. The average molecular weight is 256 g/mol. The second-order valence-corrected chi connectivity index (χ2v) is 5.10. The molecule has 100 valence electrons. The molecule has 0 saturated heterocycles. The van der Waals surface area contributed by atoms with Crippen molar-refractivity contribution in [2.24, 2.45) is 0 Å². The van der Waals surface area contributed by atoms with E-state index < -0.39 is 11.6 Å². The number of halogens is 2. The minimum atomic E-state index is -0.771. The van der Waals surface area contributed by atoms with E-state index in [1.165, 1.54) is 6.07 Å². The number of nitrogens with one attached hydrogen (secondary N) is 2. The van der Waals surface area contributed by atoms with Gasteiger partial charge in [0.25, 0.3) is 0 Å². The summed E-state index contributed by atoms with van der Waals surface area (Å²) < 4.78 is 25.9. The number of hydrogen-bond donors (Lipinski definition) is 2. The third-order valence-electron chi connectivity index (χ3n) is 2.21. The molecule has 5 heteroatoms. The van der Waals surface area contributed by atoms with E-state index in [0.29, 0.717) is 6.54 Å². The minimum Gasteiger partial charge on any atom is -0.324 e. The third-order valence-corrected chi connectivity index (χ3v) is 2.21. The van der Waals surface area contributed by atoms with Gasteiger partial charge in [0.2, 0.25) is 5.91 Å². The predicted octanol–water partition coefficient (Wildman–Crippen LogP) is 2.68. The Kier molecular flexibility index (Phi) is 4.78. The van der Waals surface area contributed by atoms with Crippen molar-refractivity contribution in [2.45, 2.75) is 32.7 Å². The topological polar surface area (TPSA) is 41.1 Å². The predicted molar refractivity (Wildman–Crippen MR) is 67.4 cm³/mol. The molecular formula is C13H18F2N2O. The van der Waals surface area contributed by atoms with E-state index in [9.17, 15) is 13.6 Å². The first kappa shape index (κ1) is 14.6. The summed E-state index contributed by atoms with van der Waals surface area (Å²) in [7, 11) is 0. The Balaban J connectivity index is 2.45. The van der Waals surface area contributed by atoms with Crippen molar-refractivity contribution in [3.63, 3.8) is 0 Å². The van der Waals surface area contributed by atoms with Gasteiger partial charge in [-0.05, 0) is 32.9 Å². The van der Waals surface area contributed by atoms with Crippen LogP contribution in [-0.2, 0) is 4.79 Å². The molecule has 0 bridgehead atoms. The van der Waals surface area contributed by atoms with Gasteiger partial charge in [0.15, 0.2) is 0 Å². The number of benzene rings is 1. The molecule has 18 heavy (non-hydrogen) atoms. The van der Waals surface area contributed by atoms with E-state index in [1.807, 2.05) is 20.8 Å². The fourth-order valence-electron chi connectivity index (χ4n) is 1.35. The van der Waals surface area contributed by atoms with Crippen LogP contribution in [0.5, 0.6) is 0 Å². The lowest BCUT2D eigenvalue weighted by Crippen LogP contribution is -2.37. The molecule has 1 aromatic carbocycles. The standard InChI is InChI=1S/C13H18F2N2O/c1-13(2,3)16-7-6-12(18)17-11-5-4-9(14)8-10(11)15/h4-5,8,16H,6-7H2,1-3H3,(H,17,18). The molecule has 1 amide bonds. The summed E-state index contributed by atoms with van der Waals surface area (Å²) in [4.78, 5) is 11.5. The SMILES string of the molecule is CC(C)(C)NCCC(=O)Nc1ccc(F)cc1F. The number of rotatable bonds is 4. The van der Waals surface area contributed by atoms with Crippen molar-refractivity contribution in [1.82, 2.24) is 5.32 Å². The van der Waals surface area contributed by atoms with E-state index in [0.717, 1.165) is 12.1 Å². The molecule has 0 saturated carbocycles. The summed E-state index contributed by atoms with van der Waals surface area (Å²) in [6, 6.07) is 3.05. The quantitative estimate of drug-likeness (QED) is 0.869. The molecule has 3 nitrogen and oxygen atoms in total. The average Bonchev–Trinajstić information content (AvgIpc) is 2.20. The van der Waals surface area contributed by atoms with Gasteiger partial charge in [0, 0.05) is 24.6 Å². The molecule has 0 atom stereocenters. The zero-order chi connectivity index (χ0) is 13.8. The molecule has 0 unspecified atom stereocenters. The summed E-state index contributed by atoms with van der Waals surface area (Å²) in [6.45, 7) is 6.47. The number of amides is 1. The van der Waals surface area contributed by atoms with Crippen molar-refractivity contribution in [2.75, 3.05) is 11.9 Å². The van der Waals surface area contributed by atoms with Gasteiger partial charge in [-0.2, -0.15) is 0 Å². The number of carbonyl (C=O) groups excluding carboxylic acids is 1. The van der Waals surface area contributed by atoms with Crippen LogP contribution in [0.25, 0.3) is 0 Å². The lowest BCUT2D eigenvalue weighted by atomic mass is 10.1. The maximum absolute atomic E-state index is 13.3. The Morgan fingerprint density at radius 1 is 1.28 bits per heavy atom. The normalized spacial score (nSPS) is 11.4.